The van der Waals surface area contributed by atoms with Gasteiger partial charge in [0.05, 0.1) is 11.6 Å². The van der Waals surface area contributed by atoms with Gasteiger partial charge in [-0.15, -0.1) is 0 Å². The van der Waals surface area contributed by atoms with Crippen LogP contribution in [-0.2, 0) is 11.3 Å². The number of hydrogen-bond donors (Lipinski definition) is 1. The molecule has 0 saturated carbocycles. The van der Waals surface area contributed by atoms with Crippen LogP contribution in [0.5, 0.6) is 5.75 Å². The Balaban J connectivity index is 2.14. The van der Waals surface area contributed by atoms with Crippen LogP contribution in [0.3, 0.4) is 0 Å². The lowest BCUT2D eigenvalue weighted by Gasteiger charge is -2.10. The maximum Gasteiger partial charge on any atom is 0.201 e. The largest absolute Gasteiger partial charge is 0.489 e. The van der Waals surface area contributed by atoms with Gasteiger partial charge in [-0.1, -0.05) is 13.0 Å². The highest BCUT2D eigenvalue weighted by atomic mass is 16.5. The first-order valence-electron chi connectivity index (χ1n) is 7.62. The first-order chi connectivity index (χ1) is 10.1. The zero-order valence-corrected chi connectivity index (χ0v) is 13.1. The smallest absolute Gasteiger partial charge is 0.201 e. The molecule has 0 aliphatic rings. The summed E-state index contributed by atoms with van der Waals surface area (Å²) >= 11 is 0. The molecule has 21 heavy (non-hydrogen) atoms. The van der Waals surface area contributed by atoms with Crippen LogP contribution in [0.25, 0.3) is 11.0 Å². The van der Waals surface area contributed by atoms with Gasteiger partial charge in [0.15, 0.2) is 0 Å². The highest BCUT2D eigenvalue weighted by Crippen LogP contribution is 2.27. The molecule has 2 N–H and O–H groups in total. The topological polar surface area (TPSA) is 62.3 Å². The Morgan fingerprint density at radius 1 is 1.29 bits per heavy atom. The van der Waals surface area contributed by atoms with Gasteiger partial charge in [0.1, 0.15) is 11.3 Å². The van der Waals surface area contributed by atoms with Crippen molar-refractivity contribution < 1.29 is 9.47 Å². The van der Waals surface area contributed by atoms with E-state index >= 15 is 0 Å². The molecule has 1 heterocycles. The molecule has 0 amide bonds. The summed E-state index contributed by atoms with van der Waals surface area (Å²) in [6.07, 6.45) is 2.08. The molecule has 5 heteroatoms. The van der Waals surface area contributed by atoms with E-state index in [0.29, 0.717) is 5.95 Å². The number of aromatic nitrogens is 2. The first kappa shape index (κ1) is 15.6. The second-order valence-electron chi connectivity index (χ2n) is 5.38. The number of fused-ring (bicyclic) bond motifs is 1. The van der Waals surface area contributed by atoms with E-state index in [9.17, 15) is 0 Å². The van der Waals surface area contributed by atoms with Crippen LogP contribution >= 0.6 is 0 Å². The molecule has 0 radical (unpaired) electrons. The van der Waals surface area contributed by atoms with Crippen molar-refractivity contribution in [2.75, 3.05) is 18.9 Å². The minimum Gasteiger partial charge on any atom is -0.489 e. The molecule has 2 rings (SSSR count). The van der Waals surface area contributed by atoms with E-state index in [0.717, 1.165) is 49.4 Å². The van der Waals surface area contributed by atoms with E-state index in [2.05, 4.69) is 11.9 Å². The Morgan fingerprint density at radius 3 is 2.81 bits per heavy atom. The van der Waals surface area contributed by atoms with Crippen LogP contribution in [0.4, 0.5) is 5.95 Å². The minimum absolute atomic E-state index is 0.115. The van der Waals surface area contributed by atoms with Crippen molar-refractivity contribution >= 4 is 17.0 Å². The predicted octanol–water partition coefficient (Wildman–Crippen LogP) is 3.22. The van der Waals surface area contributed by atoms with Gasteiger partial charge in [-0.3, -0.25) is 0 Å². The van der Waals surface area contributed by atoms with Crippen molar-refractivity contribution in [3.05, 3.63) is 18.2 Å². The Kier molecular flexibility index (Phi) is 5.44. The predicted molar refractivity (Wildman–Crippen MR) is 85.6 cm³/mol. The van der Waals surface area contributed by atoms with E-state index in [1.807, 2.05) is 36.6 Å². The third kappa shape index (κ3) is 3.88. The molecule has 0 atom stereocenters. The summed E-state index contributed by atoms with van der Waals surface area (Å²) in [7, 11) is 0. The summed E-state index contributed by atoms with van der Waals surface area (Å²) in [6.45, 7) is 8.48. The zero-order valence-electron chi connectivity index (χ0n) is 13.1. The standard InChI is InChI=1S/C16H25N3O2/c1-4-10-20-11-6-9-19-13-7-5-8-14(21-12(2)3)15(13)18-16(19)17/h5,7-8,12H,4,6,9-11H2,1-3H3,(H2,17,18). The molecule has 0 saturated heterocycles. The number of benzene rings is 1. The number of rotatable bonds is 8. The van der Waals surface area contributed by atoms with Crippen LogP contribution in [0.2, 0.25) is 0 Å². The second-order valence-corrected chi connectivity index (χ2v) is 5.38. The van der Waals surface area contributed by atoms with Crippen molar-refractivity contribution in [3.63, 3.8) is 0 Å². The number of imidazole rings is 1. The minimum atomic E-state index is 0.115. The van der Waals surface area contributed by atoms with E-state index in [1.165, 1.54) is 0 Å². The van der Waals surface area contributed by atoms with Crippen LogP contribution < -0.4 is 10.5 Å². The molecule has 5 nitrogen and oxygen atoms in total. The maximum atomic E-state index is 6.05. The number of hydrogen-bond acceptors (Lipinski definition) is 4. The molecule has 0 aliphatic carbocycles. The van der Waals surface area contributed by atoms with Crippen molar-refractivity contribution in [1.29, 1.82) is 0 Å². The van der Waals surface area contributed by atoms with Gasteiger partial charge < -0.3 is 19.8 Å². The normalized spacial score (nSPS) is 11.4. The lowest BCUT2D eigenvalue weighted by atomic mass is 10.3. The fourth-order valence-electron chi connectivity index (χ4n) is 2.29. The monoisotopic (exact) mass is 291 g/mol. The van der Waals surface area contributed by atoms with Crippen LogP contribution in [-0.4, -0.2) is 28.9 Å². The summed E-state index contributed by atoms with van der Waals surface area (Å²) in [5.41, 5.74) is 7.90. The lowest BCUT2D eigenvalue weighted by Crippen LogP contribution is -2.07. The quantitative estimate of drug-likeness (QED) is 0.759. The number of nitrogens with zero attached hydrogens (tertiary/aromatic N) is 2. The number of nitrogens with two attached hydrogens (primary N) is 1. The fraction of sp³-hybridized carbons (Fsp3) is 0.562. The molecule has 1 aromatic heterocycles. The van der Waals surface area contributed by atoms with Crippen LogP contribution in [0, 0.1) is 0 Å². The van der Waals surface area contributed by atoms with Gasteiger partial charge in [-0.2, -0.15) is 0 Å². The second kappa shape index (κ2) is 7.31. The van der Waals surface area contributed by atoms with Gasteiger partial charge in [0, 0.05) is 19.8 Å². The molecular weight excluding hydrogens is 266 g/mol. The number of para-hydroxylation sites is 1. The van der Waals surface area contributed by atoms with Crippen molar-refractivity contribution in [2.24, 2.45) is 0 Å². The van der Waals surface area contributed by atoms with Crippen molar-refractivity contribution in [2.45, 2.75) is 46.3 Å². The number of aryl methyl sites for hydroxylation is 1. The van der Waals surface area contributed by atoms with Gasteiger partial charge in [0.25, 0.3) is 0 Å². The highest BCUT2D eigenvalue weighted by molar-refractivity contribution is 5.84. The lowest BCUT2D eigenvalue weighted by molar-refractivity contribution is 0.129. The van der Waals surface area contributed by atoms with Crippen LogP contribution in [0.15, 0.2) is 18.2 Å². The molecule has 0 aliphatic heterocycles. The Morgan fingerprint density at radius 2 is 2.10 bits per heavy atom. The van der Waals surface area contributed by atoms with Gasteiger partial charge in [-0.25, -0.2) is 4.98 Å². The van der Waals surface area contributed by atoms with E-state index in [-0.39, 0.29) is 6.10 Å². The zero-order chi connectivity index (χ0) is 15.2. The summed E-state index contributed by atoms with van der Waals surface area (Å²) in [5, 5.41) is 0. The molecule has 0 fully saturated rings. The number of anilines is 1. The van der Waals surface area contributed by atoms with E-state index in [4.69, 9.17) is 15.2 Å². The van der Waals surface area contributed by atoms with E-state index in [1.54, 1.807) is 0 Å². The Hall–Kier alpha value is -1.75. The molecule has 0 bridgehead atoms. The van der Waals surface area contributed by atoms with E-state index < -0.39 is 0 Å². The molecule has 1 aromatic carbocycles. The average molecular weight is 291 g/mol. The van der Waals surface area contributed by atoms with Crippen molar-refractivity contribution in [1.82, 2.24) is 9.55 Å². The fourth-order valence-corrected chi connectivity index (χ4v) is 2.29. The molecule has 0 spiro atoms. The summed E-state index contributed by atoms with van der Waals surface area (Å²) in [6, 6.07) is 5.94. The van der Waals surface area contributed by atoms with Crippen molar-refractivity contribution in [3.8, 4) is 5.75 Å². The molecule has 116 valence electrons. The Labute approximate surface area is 126 Å². The third-order valence-electron chi connectivity index (χ3n) is 3.15. The third-order valence-corrected chi connectivity index (χ3v) is 3.15. The SMILES string of the molecule is CCCOCCCn1c(N)nc2c(OC(C)C)cccc21. The maximum absolute atomic E-state index is 6.05. The average Bonchev–Trinajstić information content (AvgIpc) is 2.76. The first-order valence-corrected chi connectivity index (χ1v) is 7.62. The Bertz CT molecular complexity index is 578. The van der Waals surface area contributed by atoms with Gasteiger partial charge >= 0.3 is 0 Å². The molecular formula is C16H25N3O2. The molecule has 0 unspecified atom stereocenters. The van der Waals surface area contributed by atoms with Gasteiger partial charge in [0.2, 0.25) is 5.95 Å². The summed E-state index contributed by atoms with van der Waals surface area (Å²) in [5.74, 6) is 1.32. The molecule has 2 aromatic rings. The summed E-state index contributed by atoms with van der Waals surface area (Å²) in [4.78, 5) is 4.46. The number of ether oxygens (including phenoxy) is 2. The number of nitrogen functional groups attached to an aromatic ring is 1. The summed E-state index contributed by atoms with van der Waals surface area (Å²) < 4.78 is 13.3. The van der Waals surface area contributed by atoms with Crippen LogP contribution in [0.1, 0.15) is 33.6 Å². The van der Waals surface area contributed by atoms with Gasteiger partial charge in [-0.05, 0) is 38.8 Å². The highest BCUT2D eigenvalue weighted by Gasteiger charge is 2.12.